The summed E-state index contributed by atoms with van der Waals surface area (Å²) in [6.45, 7) is 4.22. The summed E-state index contributed by atoms with van der Waals surface area (Å²) in [6.07, 6.45) is 2.52. The Morgan fingerprint density at radius 1 is 1.64 bits per heavy atom. The van der Waals surface area contributed by atoms with Gasteiger partial charge in [-0.15, -0.1) is 0 Å². The Bertz CT molecular complexity index is 196. The molecular weight excluding hydrogens is 182 g/mol. The smallest absolute Gasteiger partial charge is 0.307 e. The van der Waals surface area contributed by atoms with E-state index in [-0.39, 0.29) is 30.6 Å². The van der Waals surface area contributed by atoms with Gasteiger partial charge in [0.15, 0.2) is 0 Å². The lowest BCUT2D eigenvalue weighted by atomic mass is 10.1. The quantitative estimate of drug-likeness (QED) is 0.684. The van der Waals surface area contributed by atoms with E-state index in [1.165, 1.54) is 0 Å². The number of carbonyl (C=O) groups is 1. The number of carbonyl (C=O) groups excluding carboxylic acids is 1. The predicted molar refractivity (Wildman–Crippen MR) is 52.8 cm³/mol. The van der Waals surface area contributed by atoms with E-state index in [9.17, 15) is 4.79 Å². The van der Waals surface area contributed by atoms with E-state index in [2.05, 4.69) is 0 Å². The summed E-state index contributed by atoms with van der Waals surface area (Å²) in [5.74, 6) is -0.233. The fraction of sp³-hybridized carbons (Fsp3) is 0.900. The SMILES string of the molecule is CCOC(=O)CC(N)C1CCC(C)O1. The molecule has 3 unspecified atom stereocenters. The lowest BCUT2D eigenvalue weighted by Crippen LogP contribution is -2.37. The molecule has 0 aromatic rings. The van der Waals surface area contributed by atoms with E-state index in [1.54, 1.807) is 6.92 Å². The van der Waals surface area contributed by atoms with Crippen LogP contribution in [0.2, 0.25) is 0 Å². The van der Waals surface area contributed by atoms with Gasteiger partial charge in [-0.05, 0) is 26.7 Å². The molecule has 1 saturated heterocycles. The minimum atomic E-state index is -0.233. The summed E-state index contributed by atoms with van der Waals surface area (Å²) in [6, 6.07) is -0.223. The summed E-state index contributed by atoms with van der Waals surface area (Å²) in [5, 5.41) is 0. The van der Waals surface area contributed by atoms with Gasteiger partial charge in [-0.2, -0.15) is 0 Å². The zero-order valence-electron chi connectivity index (χ0n) is 8.86. The van der Waals surface area contributed by atoms with Crippen molar-refractivity contribution >= 4 is 5.97 Å². The van der Waals surface area contributed by atoms with Gasteiger partial charge in [0.05, 0.1) is 25.2 Å². The highest BCUT2D eigenvalue weighted by Crippen LogP contribution is 2.22. The zero-order chi connectivity index (χ0) is 10.6. The van der Waals surface area contributed by atoms with Crippen LogP contribution in [0.4, 0.5) is 0 Å². The molecular formula is C10H19NO3. The highest BCUT2D eigenvalue weighted by atomic mass is 16.5. The van der Waals surface area contributed by atoms with Crippen molar-refractivity contribution in [3.05, 3.63) is 0 Å². The van der Waals surface area contributed by atoms with Crippen molar-refractivity contribution in [2.45, 2.75) is 51.4 Å². The van der Waals surface area contributed by atoms with Gasteiger partial charge in [0, 0.05) is 6.04 Å². The summed E-state index contributed by atoms with van der Waals surface area (Å²) in [7, 11) is 0. The number of esters is 1. The van der Waals surface area contributed by atoms with Crippen molar-refractivity contribution in [1.29, 1.82) is 0 Å². The molecule has 0 amide bonds. The number of ether oxygens (including phenoxy) is 2. The number of hydrogen-bond acceptors (Lipinski definition) is 4. The average Bonchev–Trinajstić information content (AvgIpc) is 2.52. The fourth-order valence-corrected chi connectivity index (χ4v) is 1.69. The van der Waals surface area contributed by atoms with Gasteiger partial charge in [0.2, 0.25) is 0 Å². The third-order valence-electron chi connectivity index (χ3n) is 2.45. The van der Waals surface area contributed by atoms with Crippen molar-refractivity contribution in [2.75, 3.05) is 6.61 Å². The second kappa shape index (κ2) is 5.32. The molecule has 1 aliphatic heterocycles. The van der Waals surface area contributed by atoms with E-state index in [0.29, 0.717) is 6.61 Å². The molecule has 4 heteroatoms. The Balaban J connectivity index is 2.27. The maximum atomic E-state index is 11.1. The molecule has 0 aliphatic carbocycles. The molecule has 1 heterocycles. The van der Waals surface area contributed by atoms with Gasteiger partial charge in [0.25, 0.3) is 0 Å². The van der Waals surface area contributed by atoms with E-state index in [4.69, 9.17) is 15.2 Å². The minimum absolute atomic E-state index is 0.0226. The van der Waals surface area contributed by atoms with Crippen LogP contribution in [0.1, 0.15) is 33.1 Å². The molecule has 1 aliphatic rings. The molecule has 0 radical (unpaired) electrons. The highest BCUT2D eigenvalue weighted by Gasteiger charge is 2.28. The second-order valence-corrected chi connectivity index (χ2v) is 3.74. The standard InChI is InChI=1S/C10H19NO3/c1-3-13-10(12)6-8(11)9-5-4-7(2)14-9/h7-9H,3-6,11H2,1-2H3. The Kier molecular flexibility index (Phi) is 4.35. The molecule has 2 N–H and O–H groups in total. The Morgan fingerprint density at radius 2 is 2.36 bits per heavy atom. The third kappa shape index (κ3) is 3.27. The molecule has 0 aromatic carbocycles. The van der Waals surface area contributed by atoms with E-state index >= 15 is 0 Å². The monoisotopic (exact) mass is 201 g/mol. The van der Waals surface area contributed by atoms with Crippen LogP contribution in [0.25, 0.3) is 0 Å². The molecule has 1 fully saturated rings. The molecule has 1 rings (SSSR count). The minimum Gasteiger partial charge on any atom is -0.466 e. The van der Waals surface area contributed by atoms with Gasteiger partial charge < -0.3 is 15.2 Å². The maximum absolute atomic E-state index is 11.1. The van der Waals surface area contributed by atoms with Gasteiger partial charge >= 0.3 is 5.97 Å². The van der Waals surface area contributed by atoms with Gasteiger partial charge in [-0.25, -0.2) is 0 Å². The van der Waals surface area contributed by atoms with Crippen molar-refractivity contribution in [3.63, 3.8) is 0 Å². The lowest BCUT2D eigenvalue weighted by molar-refractivity contribution is -0.144. The average molecular weight is 201 g/mol. The van der Waals surface area contributed by atoms with Crippen LogP contribution >= 0.6 is 0 Å². The molecule has 0 spiro atoms. The number of nitrogens with two attached hydrogens (primary N) is 1. The lowest BCUT2D eigenvalue weighted by Gasteiger charge is -2.18. The van der Waals surface area contributed by atoms with Crippen molar-refractivity contribution < 1.29 is 14.3 Å². The zero-order valence-corrected chi connectivity index (χ0v) is 8.86. The number of hydrogen-bond donors (Lipinski definition) is 1. The summed E-state index contributed by atoms with van der Waals surface area (Å²) in [4.78, 5) is 11.1. The summed E-state index contributed by atoms with van der Waals surface area (Å²) < 4.78 is 10.4. The molecule has 0 saturated carbocycles. The van der Waals surface area contributed by atoms with Crippen molar-refractivity contribution in [1.82, 2.24) is 0 Å². The predicted octanol–water partition coefficient (Wildman–Crippen LogP) is 0.834. The van der Waals surface area contributed by atoms with Crippen LogP contribution in [-0.4, -0.2) is 30.8 Å². The molecule has 4 nitrogen and oxygen atoms in total. The normalized spacial score (nSPS) is 28.8. The van der Waals surface area contributed by atoms with Crippen molar-refractivity contribution in [3.8, 4) is 0 Å². The first-order valence-corrected chi connectivity index (χ1v) is 5.20. The van der Waals surface area contributed by atoms with Gasteiger partial charge in [0.1, 0.15) is 0 Å². The Labute approximate surface area is 84.7 Å². The van der Waals surface area contributed by atoms with E-state index < -0.39 is 0 Å². The third-order valence-corrected chi connectivity index (χ3v) is 2.45. The molecule has 0 bridgehead atoms. The van der Waals surface area contributed by atoms with Crippen molar-refractivity contribution in [2.24, 2.45) is 5.73 Å². The Morgan fingerprint density at radius 3 is 2.86 bits per heavy atom. The maximum Gasteiger partial charge on any atom is 0.307 e. The molecule has 82 valence electrons. The van der Waals surface area contributed by atoms with Gasteiger partial charge in [-0.1, -0.05) is 0 Å². The highest BCUT2D eigenvalue weighted by molar-refractivity contribution is 5.70. The largest absolute Gasteiger partial charge is 0.466 e. The number of rotatable bonds is 4. The summed E-state index contributed by atoms with van der Waals surface area (Å²) >= 11 is 0. The van der Waals surface area contributed by atoms with Crippen LogP contribution in [0.3, 0.4) is 0 Å². The van der Waals surface area contributed by atoms with Crippen LogP contribution in [0.5, 0.6) is 0 Å². The van der Waals surface area contributed by atoms with Crippen LogP contribution < -0.4 is 5.73 Å². The molecule has 3 atom stereocenters. The Hall–Kier alpha value is -0.610. The van der Waals surface area contributed by atoms with Gasteiger partial charge in [-0.3, -0.25) is 4.79 Å². The first-order valence-electron chi connectivity index (χ1n) is 5.20. The fourth-order valence-electron chi connectivity index (χ4n) is 1.69. The van der Waals surface area contributed by atoms with Crippen LogP contribution in [0, 0.1) is 0 Å². The molecule has 0 aromatic heterocycles. The molecule has 14 heavy (non-hydrogen) atoms. The first kappa shape index (κ1) is 11.5. The second-order valence-electron chi connectivity index (χ2n) is 3.74. The van der Waals surface area contributed by atoms with E-state index in [0.717, 1.165) is 12.8 Å². The van der Waals surface area contributed by atoms with Crippen LogP contribution in [0.15, 0.2) is 0 Å². The van der Waals surface area contributed by atoms with Crippen LogP contribution in [-0.2, 0) is 14.3 Å². The first-order chi connectivity index (χ1) is 6.63. The van der Waals surface area contributed by atoms with E-state index in [1.807, 2.05) is 6.92 Å². The topological polar surface area (TPSA) is 61.5 Å². The summed E-state index contributed by atoms with van der Waals surface area (Å²) in [5.41, 5.74) is 5.85.